The zero-order valence-electron chi connectivity index (χ0n) is 6.12. The predicted octanol–water partition coefficient (Wildman–Crippen LogP) is 1.52. The highest BCUT2D eigenvalue weighted by Gasteiger charge is 2.16. The molecule has 1 heterocycles. The smallest absolute Gasteiger partial charge is 0.330 e. The van der Waals surface area contributed by atoms with Gasteiger partial charge in [-0.05, 0) is 0 Å². The Balaban J connectivity index is 2.24. The van der Waals surface area contributed by atoms with Crippen molar-refractivity contribution in [1.29, 1.82) is 0 Å². The number of carbonyl (C=O) groups excluding carboxylic acids is 1. The fourth-order valence-corrected chi connectivity index (χ4v) is 3.03. The minimum atomic E-state index is -0.307. The molecule has 0 atom stereocenters. The van der Waals surface area contributed by atoms with Gasteiger partial charge in [-0.1, -0.05) is 6.58 Å². The van der Waals surface area contributed by atoms with Gasteiger partial charge >= 0.3 is 5.97 Å². The van der Waals surface area contributed by atoms with E-state index in [-0.39, 0.29) is 12.1 Å². The molecule has 0 unspecified atom stereocenters. The van der Waals surface area contributed by atoms with Gasteiger partial charge in [0.2, 0.25) is 0 Å². The highest BCUT2D eigenvalue weighted by molar-refractivity contribution is 8.16. The fraction of sp³-hybridized carbons (Fsp3) is 0.571. The summed E-state index contributed by atoms with van der Waals surface area (Å²) in [6.07, 6.45) is 1.30. The third kappa shape index (κ3) is 3.20. The van der Waals surface area contributed by atoms with Gasteiger partial charge in [0.25, 0.3) is 0 Å². The van der Waals surface area contributed by atoms with Crippen LogP contribution in [-0.4, -0.2) is 28.7 Å². The summed E-state index contributed by atoms with van der Waals surface area (Å²) in [5.74, 6) is 1.54. The van der Waals surface area contributed by atoms with Crippen LogP contribution in [0.3, 0.4) is 0 Å². The Morgan fingerprint density at radius 2 is 2.18 bits per heavy atom. The third-order valence-electron chi connectivity index (χ3n) is 1.22. The Labute approximate surface area is 74.8 Å². The van der Waals surface area contributed by atoms with Crippen LogP contribution in [0.5, 0.6) is 0 Å². The van der Waals surface area contributed by atoms with Crippen LogP contribution in [0.15, 0.2) is 12.7 Å². The van der Waals surface area contributed by atoms with Gasteiger partial charge in [-0.15, -0.1) is 23.5 Å². The molecule has 0 aliphatic carbocycles. The number of carbonyl (C=O) groups is 1. The molecule has 0 N–H and O–H groups in total. The normalized spacial score (nSPS) is 19.3. The molecule has 1 saturated heterocycles. The van der Waals surface area contributed by atoms with Crippen molar-refractivity contribution in [3.63, 3.8) is 0 Å². The lowest BCUT2D eigenvalue weighted by atomic mass is 10.4. The van der Waals surface area contributed by atoms with Crippen LogP contribution < -0.4 is 0 Å². The molecule has 0 aromatic heterocycles. The molecule has 1 fully saturated rings. The van der Waals surface area contributed by atoms with Gasteiger partial charge in [0, 0.05) is 22.7 Å². The molecule has 0 aromatic rings. The third-order valence-corrected chi connectivity index (χ3v) is 3.77. The second-order valence-electron chi connectivity index (χ2n) is 2.12. The van der Waals surface area contributed by atoms with Crippen molar-refractivity contribution in [2.75, 3.05) is 16.6 Å². The lowest BCUT2D eigenvalue weighted by molar-refractivity contribution is -0.140. The number of ether oxygens (including phenoxy) is 1. The van der Waals surface area contributed by atoms with Crippen molar-refractivity contribution in [2.24, 2.45) is 0 Å². The van der Waals surface area contributed by atoms with E-state index in [0.29, 0.717) is 0 Å². The van der Waals surface area contributed by atoms with Gasteiger partial charge in [0.15, 0.2) is 0 Å². The number of hydrogen-bond donors (Lipinski definition) is 0. The summed E-state index contributed by atoms with van der Waals surface area (Å²) in [5.41, 5.74) is 0. The van der Waals surface area contributed by atoms with E-state index in [2.05, 4.69) is 6.58 Å². The molecule has 0 bridgehead atoms. The topological polar surface area (TPSA) is 26.3 Å². The highest BCUT2D eigenvalue weighted by atomic mass is 32.2. The molecule has 1 aliphatic rings. The van der Waals surface area contributed by atoms with E-state index in [1.807, 2.05) is 0 Å². The van der Waals surface area contributed by atoms with Crippen molar-refractivity contribution < 1.29 is 9.53 Å². The number of rotatable bonds is 2. The Hall–Kier alpha value is -0.0900. The van der Waals surface area contributed by atoms with Gasteiger partial charge in [0.1, 0.15) is 6.10 Å². The molecule has 2 nitrogen and oxygen atoms in total. The molecular formula is C7H10O2S2. The van der Waals surface area contributed by atoms with Crippen molar-refractivity contribution in [3.8, 4) is 0 Å². The first kappa shape index (κ1) is 9.00. The van der Waals surface area contributed by atoms with Crippen molar-refractivity contribution in [3.05, 3.63) is 12.7 Å². The van der Waals surface area contributed by atoms with E-state index in [1.54, 1.807) is 23.5 Å². The van der Waals surface area contributed by atoms with Crippen molar-refractivity contribution in [1.82, 2.24) is 0 Å². The average Bonchev–Trinajstić information content (AvgIpc) is 2.06. The SMILES string of the molecule is C=CC(=O)OC1CSCSC1. The number of hydrogen-bond acceptors (Lipinski definition) is 4. The number of thioether (sulfide) groups is 2. The molecule has 0 saturated carbocycles. The maximum atomic E-state index is 10.7. The Morgan fingerprint density at radius 3 is 2.73 bits per heavy atom. The zero-order chi connectivity index (χ0) is 8.10. The monoisotopic (exact) mass is 190 g/mol. The summed E-state index contributed by atoms with van der Waals surface area (Å²) in [6, 6.07) is 0. The molecule has 0 radical (unpaired) electrons. The number of esters is 1. The van der Waals surface area contributed by atoms with Gasteiger partial charge < -0.3 is 4.74 Å². The van der Waals surface area contributed by atoms with Crippen LogP contribution in [0.2, 0.25) is 0 Å². The second kappa shape index (κ2) is 4.72. The maximum Gasteiger partial charge on any atom is 0.330 e. The highest BCUT2D eigenvalue weighted by Crippen LogP contribution is 2.23. The predicted molar refractivity (Wildman–Crippen MR) is 49.9 cm³/mol. The van der Waals surface area contributed by atoms with Crippen LogP contribution in [0.1, 0.15) is 0 Å². The Bertz CT molecular complexity index is 153. The molecule has 62 valence electrons. The fourth-order valence-electron chi connectivity index (χ4n) is 0.747. The Morgan fingerprint density at radius 1 is 1.55 bits per heavy atom. The minimum Gasteiger partial charge on any atom is -0.457 e. The average molecular weight is 190 g/mol. The van der Waals surface area contributed by atoms with Crippen LogP contribution in [0, 0.1) is 0 Å². The summed E-state index contributed by atoms with van der Waals surface area (Å²) < 4.78 is 5.04. The lowest BCUT2D eigenvalue weighted by Crippen LogP contribution is -2.24. The molecule has 0 aromatic carbocycles. The van der Waals surface area contributed by atoms with Crippen LogP contribution in [0.25, 0.3) is 0 Å². The minimum absolute atomic E-state index is 0.0873. The molecule has 4 heteroatoms. The summed E-state index contributed by atoms with van der Waals surface area (Å²) in [4.78, 5) is 10.7. The molecular weight excluding hydrogens is 180 g/mol. The first-order valence-corrected chi connectivity index (χ1v) is 5.62. The first-order chi connectivity index (χ1) is 5.33. The largest absolute Gasteiger partial charge is 0.457 e. The van der Waals surface area contributed by atoms with Gasteiger partial charge in [-0.2, -0.15) is 0 Å². The van der Waals surface area contributed by atoms with Crippen LogP contribution in [-0.2, 0) is 9.53 Å². The molecule has 1 aliphatic heterocycles. The van der Waals surface area contributed by atoms with E-state index in [0.717, 1.165) is 16.6 Å². The second-order valence-corrected chi connectivity index (χ2v) is 4.55. The standard InChI is InChI=1S/C7H10O2S2/c1-2-7(8)9-6-3-10-5-11-4-6/h2,6H,1,3-5H2. The van der Waals surface area contributed by atoms with Crippen molar-refractivity contribution >= 4 is 29.5 Å². The first-order valence-electron chi connectivity index (χ1n) is 3.31. The van der Waals surface area contributed by atoms with E-state index in [1.165, 1.54) is 6.08 Å². The molecule has 0 amide bonds. The van der Waals surface area contributed by atoms with E-state index in [4.69, 9.17) is 4.74 Å². The maximum absolute atomic E-state index is 10.7. The summed E-state index contributed by atoms with van der Waals surface area (Å²) in [5, 5.41) is 1.11. The van der Waals surface area contributed by atoms with Crippen LogP contribution in [0.4, 0.5) is 0 Å². The van der Waals surface area contributed by atoms with E-state index in [9.17, 15) is 4.79 Å². The van der Waals surface area contributed by atoms with Crippen LogP contribution >= 0.6 is 23.5 Å². The van der Waals surface area contributed by atoms with Gasteiger partial charge in [0.05, 0.1) is 0 Å². The van der Waals surface area contributed by atoms with E-state index < -0.39 is 0 Å². The quantitative estimate of drug-likeness (QED) is 0.487. The summed E-state index contributed by atoms with van der Waals surface area (Å²) in [6.45, 7) is 3.34. The summed E-state index contributed by atoms with van der Waals surface area (Å²) >= 11 is 3.61. The van der Waals surface area contributed by atoms with Crippen molar-refractivity contribution in [2.45, 2.75) is 6.10 Å². The molecule has 11 heavy (non-hydrogen) atoms. The molecule has 1 rings (SSSR count). The van der Waals surface area contributed by atoms with Gasteiger partial charge in [-0.3, -0.25) is 0 Å². The molecule has 0 spiro atoms. The van der Waals surface area contributed by atoms with Gasteiger partial charge in [-0.25, -0.2) is 4.79 Å². The Kier molecular flexibility index (Phi) is 3.86. The van der Waals surface area contributed by atoms with E-state index >= 15 is 0 Å². The summed E-state index contributed by atoms with van der Waals surface area (Å²) in [7, 11) is 0. The lowest BCUT2D eigenvalue weighted by Gasteiger charge is -2.20. The zero-order valence-corrected chi connectivity index (χ0v) is 7.75.